The fraction of sp³-hybridized carbons (Fsp3) is 0.207. The summed E-state index contributed by atoms with van der Waals surface area (Å²) in [5, 5.41) is 11.0. The standard InChI is InChI=1S/C29H23ClF4N4OS/c30-24-9-8-22(14-23(24)29(32,33)34)40-38-12-10-19-13-26(37-21-6-4-20(31)5-7-21)18(16-35)15-28(19,17-38)27(39)25-3-1-2-11-36-25/h1-9,11,13-14,16,35,37H,10,12,15,17H2. The molecule has 0 saturated carbocycles. The Balaban J connectivity index is 1.49. The highest BCUT2D eigenvalue weighted by Gasteiger charge is 2.49. The lowest BCUT2D eigenvalue weighted by molar-refractivity contribution is -0.137. The second-order valence-electron chi connectivity index (χ2n) is 9.53. The van der Waals surface area contributed by atoms with Crippen LogP contribution in [0.25, 0.3) is 0 Å². The zero-order valence-electron chi connectivity index (χ0n) is 20.9. The third-order valence-electron chi connectivity index (χ3n) is 6.96. The largest absolute Gasteiger partial charge is 0.417 e. The fourth-order valence-electron chi connectivity index (χ4n) is 5.01. The second-order valence-corrected chi connectivity index (χ2v) is 11.1. The molecular formula is C29H23ClF4N4OS. The van der Waals surface area contributed by atoms with Crippen LogP contribution in [0.2, 0.25) is 5.02 Å². The molecule has 40 heavy (non-hydrogen) atoms. The monoisotopic (exact) mass is 586 g/mol. The summed E-state index contributed by atoms with van der Waals surface area (Å²) >= 11 is 6.94. The van der Waals surface area contributed by atoms with Gasteiger partial charge in [-0.05, 0) is 91.0 Å². The Bertz CT molecular complexity index is 1510. The minimum absolute atomic E-state index is 0.187. The van der Waals surface area contributed by atoms with Crippen LogP contribution in [-0.4, -0.2) is 34.4 Å². The van der Waals surface area contributed by atoms with Gasteiger partial charge in [0, 0.05) is 41.8 Å². The molecule has 2 heterocycles. The highest BCUT2D eigenvalue weighted by molar-refractivity contribution is 7.97. The van der Waals surface area contributed by atoms with E-state index in [1.54, 1.807) is 30.3 Å². The van der Waals surface area contributed by atoms with Crippen LogP contribution in [0.4, 0.5) is 23.2 Å². The Hall–Kier alpha value is -3.47. The number of carbonyl (C=O) groups excluding carboxylic acids is 1. The van der Waals surface area contributed by atoms with Crippen molar-refractivity contribution >= 4 is 41.2 Å². The number of nitrogens with one attached hydrogen (secondary N) is 2. The average Bonchev–Trinajstić information content (AvgIpc) is 2.94. The van der Waals surface area contributed by atoms with E-state index in [1.165, 1.54) is 36.7 Å². The molecule has 1 aromatic heterocycles. The third kappa shape index (κ3) is 5.70. The van der Waals surface area contributed by atoms with Crippen LogP contribution in [-0.2, 0) is 6.18 Å². The molecule has 0 amide bonds. The van der Waals surface area contributed by atoms with E-state index in [-0.39, 0.29) is 35.3 Å². The van der Waals surface area contributed by atoms with Gasteiger partial charge in [-0.1, -0.05) is 23.2 Å². The molecule has 0 spiro atoms. The van der Waals surface area contributed by atoms with Crippen molar-refractivity contribution in [2.45, 2.75) is 23.9 Å². The molecule has 1 aliphatic carbocycles. The number of rotatable bonds is 7. The maximum absolute atomic E-state index is 14.1. The predicted octanol–water partition coefficient (Wildman–Crippen LogP) is 7.82. The van der Waals surface area contributed by atoms with Gasteiger partial charge in [-0.2, -0.15) is 13.2 Å². The molecule has 0 radical (unpaired) electrons. The Kier molecular flexibility index (Phi) is 7.85. The minimum Gasteiger partial charge on any atom is -0.355 e. The number of hydrogen-bond donors (Lipinski definition) is 2. The molecule has 206 valence electrons. The number of allylic oxidation sites excluding steroid dienone is 2. The second kappa shape index (κ2) is 11.2. The van der Waals surface area contributed by atoms with Crippen molar-refractivity contribution in [2.75, 3.05) is 18.4 Å². The summed E-state index contributed by atoms with van der Waals surface area (Å²) in [5.74, 6) is -0.599. The lowest BCUT2D eigenvalue weighted by atomic mass is 9.65. The number of piperidine rings is 1. The van der Waals surface area contributed by atoms with Crippen LogP contribution in [0, 0.1) is 16.6 Å². The number of halogens is 5. The molecule has 5 nitrogen and oxygen atoms in total. The van der Waals surface area contributed by atoms with Crippen molar-refractivity contribution in [3.05, 3.63) is 112 Å². The van der Waals surface area contributed by atoms with Crippen LogP contribution in [0.15, 0.2) is 94.7 Å². The number of anilines is 1. The van der Waals surface area contributed by atoms with Gasteiger partial charge < -0.3 is 10.7 Å². The first-order valence-corrected chi connectivity index (χ1v) is 13.5. The van der Waals surface area contributed by atoms with Gasteiger partial charge in [-0.15, -0.1) is 0 Å². The van der Waals surface area contributed by atoms with Crippen molar-refractivity contribution in [1.82, 2.24) is 9.29 Å². The number of aromatic nitrogens is 1. The summed E-state index contributed by atoms with van der Waals surface area (Å²) in [6, 6.07) is 14.7. The fourth-order valence-corrected chi connectivity index (χ4v) is 6.30. The molecule has 1 aliphatic heterocycles. The zero-order chi connectivity index (χ0) is 28.5. The van der Waals surface area contributed by atoms with Gasteiger partial charge in [0.15, 0.2) is 5.78 Å². The highest BCUT2D eigenvalue weighted by Crippen LogP contribution is 2.49. The van der Waals surface area contributed by atoms with Gasteiger partial charge >= 0.3 is 6.18 Å². The number of benzene rings is 2. The smallest absolute Gasteiger partial charge is 0.355 e. The lowest BCUT2D eigenvalue weighted by Crippen LogP contribution is -2.49. The molecule has 2 N–H and O–H groups in total. The molecule has 3 aromatic rings. The third-order valence-corrected chi connectivity index (χ3v) is 8.32. The first kappa shape index (κ1) is 28.1. The average molecular weight is 587 g/mol. The van der Waals surface area contributed by atoms with E-state index in [0.717, 1.165) is 23.6 Å². The van der Waals surface area contributed by atoms with Crippen molar-refractivity contribution in [1.29, 1.82) is 5.41 Å². The molecular weight excluding hydrogens is 564 g/mol. The Morgan fingerprint density at radius 3 is 2.60 bits per heavy atom. The summed E-state index contributed by atoms with van der Waals surface area (Å²) in [4.78, 5) is 18.7. The summed E-state index contributed by atoms with van der Waals surface area (Å²) < 4.78 is 55.7. The van der Waals surface area contributed by atoms with Gasteiger partial charge in [-0.3, -0.25) is 9.78 Å². The Morgan fingerprint density at radius 2 is 1.93 bits per heavy atom. The maximum Gasteiger partial charge on any atom is 0.417 e. The molecule has 2 aromatic carbocycles. The van der Waals surface area contributed by atoms with Crippen molar-refractivity contribution in [3.63, 3.8) is 0 Å². The number of pyridine rings is 1. The number of carbonyl (C=O) groups is 1. The first-order chi connectivity index (χ1) is 19.1. The Morgan fingerprint density at radius 1 is 1.15 bits per heavy atom. The SMILES string of the molecule is N=CC1=C(Nc2ccc(F)cc2)C=C2CCN(Sc3ccc(Cl)c(C(F)(F)F)c3)CC2(C(=O)c2ccccn2)C1. The summed E-state index contributed by atoms with van der Waals surface area (Å²) in [7, 11) is 0. The van der Waals surface area contributed by atoms with Crippen LogP contribution >= 0.6 is 23.5 Å². The molecule has 1 unspecified atom stereocenters. The number of nitrogens with zero attached hydrogens (tertiary/aromatic N) is 2. The predicted molar refractivity (Wildman–Crippen MR) is 148 cm³/mol. The maximum atomic E-state index is 14.1. The van der Waals surface area contributed by atoms with Crippen LogP contribution in [0.3, 0.4) is 0 Å². The van der Waals surface area contributed by atoms with Gasteiger partial charge in [0.2, 0.25) is 0 Å². The van der Waals surface area contributed by atoms with E-state index >= 15 is 0 Å². The first-order valence-electron chi connectivity index (χ1n) is 12.3. The number of hydrogen-bond acceptors (Lipinski definition) is 6. The van der Waals surface area contributed by atoms with Gasteiger partial charge in [-0.25, -0.2) is 8.70 Å². The molecule has 1 fully saturated rings. The van der Waals surface area contributed by atoms with Gasteiger partial charge in [0.25, 0.3) is 0 Å². The van der Waals surface area contributed by atoms with Crippen molar-refractivity contribution in [2.24, 2.45) is 5.41 Å². The topological polar surface area (TPSA) is 69.1 Å². The van der Waals surface area contributed by atoms with Crippen LogP contribution in [0.1, 0.15) is 28.9 Å². The van der Waals surface area contributed by atoms with Crippen LogP contribution < -0.4 is 5.32 Å². The molecule has 11 heteroatoms. The number of Topliss-reactive ketones (excluding diaryl/α,β-unsaturated/α-hetero) is 1. The van der Waals surface area contributed by atoms with E-state index < -0.39 is 17.2 Å². The molecule has 1 saturated heterocycles. The number of ketones is 1. The van der Waals surface area contributed by atoms with Crippen molar-refractivity contribution < 1.29 is 22.4 Å². The highest BCUT2D eigenvalue weighted by atomic mass is 35.5. The van der Waals surface area contributed by atoms with Crippen LogP contribution in [0.5, 0.6) is 0 Å². The number of fused-ring (bicyclic) bond motifs is 1. The summed E-state index contributed by atoms with van der Waals surface area (Å²) in [6.07, 6.45) is 0.640. The Labute approximate surface area is 237 Å². The lowest BCUT2D eigenvalue weighted by Gasteiger charge is -2.45. The minimum atomic E-state index is -4.59. The van der Waals surface area contributed by atoms with E-state index in [1.807, 2.05) is 10.4 Å². The van der Waals surface area contributed by atoms with E-state index in [4.69, 9.17) is 17.0 Å². The van der Waals surface area contributed by atoms with Gasteiger partial charge in [0.05, 0.1) is 16.0 Å². The van der Waals surface area contributed by atoms with E-state index in [9.17, 15) is 22.4 Å². The van der Waals surface area contributed by atoms with Gasteiger partial charge in [0.1, 0.15) is 11.5 Å². The number of alkyl halides is 3. The molecule has 1 atom stereocenters. The zero-order valence-corrected chi connectivity index (χ0v) is 22.5. The summed E-state index contributed by atoms with van der Waals surface area (Å²) in [6.45, 7) is 0.672. The van der Waals surface area contributed by atoms with E-state index in [2.05, 4.69) is 10.3 Å². The van der Waals surface area contributed by atoms with E-state index in [0.29, 0.717) is 34.8 Å². The normalized spacial score (nSPS) is 19.6. The molecule has 5 rings (SSSR count). The molecule has 2 aliphatic rings. The molecule has 0 bridgehead atoms. The summed E-state index contributed by atoms with van der Waals surface area (Å²) in [5.41, 5.74) is 0.934. The van der Waals surface area contributed by atoms with Crippen molar-refractivity contribution in [3.8, 4) is 0 Å². The quantitative estimate of drug-likeness (QED) is 0.128.